The topological polar surface area (TPSA) is 32.8 Å². The van der Waals surface area contributed by atoms with Gasteiger partial charge in [-0.2, -0.15) is 0 Å². The standard InChI is InChI=1S/C17H19ClN2O2S/c1-3-20-11-12(22-14-7-5-4-6-13(14)20)10-19(2)17(21)15-8-9-16(18)23-15/h4-9,12H,3,10-11H2,1-2H3/t12-/m0/s1. The Labute approximate surface area is 145 Å². The van der Waals surface area contributed by atoms with Crippen molar-refractivity contribution in [3.8, 4) is 5.75 Å². The van der Waals surface area contributed by atoms with Gasteiger partial charge in [-0.25, -0.2) is 0 Å². The predicted molar refractivity (Wildman–Crippen MR) is 95.0 cm³/mol. The molecule has 1 aliphatic heterocycles. The number of thiophene rings is 1. The normalized spacial score (nSPS) is 16.7. The Morgan fingerprint density at radius 1 is 1.39 bits per heavy atom. The Hall–Kier alpha value is -1.72. The van der Waals surface area contributed by atoms with Gasteiger partial charge in [-0.1, -0.05) is 23.7 Å². The van der Waals surface area contributed by atoms with Crippen molar-refractivity contribution in [1.29, 1.82) is 0 Å². The molecule has 0 saturated heterocycles. The Balaban J connectivity index is 1.70. The van der Waals surface area contributed by atoms with Crippen LogP contribution >= 0.6 is 22.9 Å². The number of carbonyl (C=O) groups excluding carboxylic acids is 1. The van der Waals surface area contributed by atoms with Crippen LogP contribution in [0.2, 0.25) is 4.34 Å². The molecule has 0 bridgehead atoms. The van der Waals surface area contributed by atoms with Gasteiger partial charge in [-0.05, 0) is 31.2 Å². The summed E-state index contributed by atoms with van der Waals surface area (Å²) >= 11 is 7.21. The average molecular weight is 351 g/mol. The SMILES string of the molecule is CCN1C[C@H](CN(C)C(=O)c2ccc(Cl)s2)Oc2ccccc21. The first-order valence-electron chi connectivity index (χ1n) is 7.60. The number of hydrogen-bond acceptors (Lipinski definition) is 4. The number of carbonyl (C=O) groups is 1. The average Bonchev–Trinajstić information content (AvgIpc) is 2.99. The summed E-state index contributed by atoms with van der Waals surface area (Å²) in [6.07, 6.45) is -0.0470. The maximum atomic E-state index is 12.4. The van der Waals surface area contributed by atoms with Gasteiger partial charge in [-0.3, -0.25) is 4.79 Å². The van der Waals surface area contributed by atoms with E-state index in [0.717, 1.165) is 24.5 Å². The number of anilines is 1. The fourth-order valence-electron chi connectivity index (χ4n) is 2.78. The number of ether oxygens (including phenoxy) is 1. The fraction of sp³-hybridized carbons (Fsp3) is 0.353. The Morgan fingerprint density at radius 3 is 2.87 bits per heavy atom. The minimum Gasteiger partial charge on any atom is -0.485 e. The van der Waals surface area contributed by atoms with Gasteiger partial charge in [-0.15, -0.1) is 11.3 Å². The van der Waals surface area contributed by atoms with Gasteiger partial charge in [0.1, 0.15) is 11.9 Å². The minimum absolute atomic E-state index is 0.0209. The van der Waals surface area contributed by atoms with Crippen LogP contribution in [0.15, 0.2) is 36.4 Å². The number of nitrogens with zero attached hydrogens (tertiary/aromatic N) is 2. The van der Waals surface area contributed by atoms with Crippen molar-refractivity contribution in [3.63, 3.8) is 0 Å². The summed E-state index contributed by atoms with van der Waals surface area (Å²) in [6.45, 7) is 4.35. The molecule has 0 radical (unpaired) electrons. The van der Waals surface area contributed by atoms with E-state index >= 15 is 0 Å². The summed E-state index contributed by atoms with van der Waals surface area (Å²) in [6, 6.07) is 11.5. The van der Waals surface area contributed by atoms with Crippen molar-refractivity contribution in [2.75, 3.05) is 31.6 Å². The van der Waals surface area contributed by atoms with E-state index in [4.69, 9.17) is 16.3 Å². The summed E-state index contributed by atoms with van der Waals surface area (Å²) in [5.41, 5.74) is 1.12. The zero-order valence-electron chi connectivity index (χ0n) is 13.2. The second-order valence-corrected chi connectivity index (χ2v) is 7.25. The second-order valence-electron chi connectivity index (χ2n) is 5.54. The van der Waals surface area contributed by atoms with E-state index in [0.29, 0.717) is 15.8 Å². The Morgan fingerprint density at radius 2 is 2.17 bits per heavy atom. The highest BCUT2D eigenvalue weighted by Gasteiger charge is 2.27. The first-order chi connectivity index (χ1) is 11.1. The molecule has 3 rings (SSSR count). The van der Waals surface area contributed by atoms with E-state index in [-0.39, 0.29) is 12.0 Å². The second kappa shape index (κ2) is 6.81. The molecule has 1 aromatic heterocycles. The molecule has 1 aliphatic rings. The number of fused-ring (bicyclic) bond motifs is 1. The van der Waals surface area contributed by atoms with E-state index in [1.165, 1.54) is 11.3 Å². The number of hydrogen-bond donors (Lipinski definition) is 0. The maximum absolute atomic E-state index is 12.4. The molecule has 1 atom stereocenters. The first kappa shape index (κ1) is 16.1. The molecule has 2 aromatic rings. The van der Waals surface area contributed by atoms with Crippen LogP contribution in [0.4, 0.5) is 5.69 Å². The lowest BCUT2D eigenvalue weighted by molar-refractivity contribution is 0.0714. The third kappa shape index (κ3) is 3.46. The highest BCUT2D eigenvalue weighted by molar-refractivity contribution is 7.17. The van der Waals surface area contributed by atoms with Crippen LogP contribution in [0.25, 0.3) is 0 Å². The van der Waals surface area contributed by atoms with Crippen molar-refractivity contribution in [3.05, 3.63) is 45.6 Å². The lowest BCUT2D eigenvalue weighted by Gasteiger charge is -2.37. The molecule has 0 N–H and O–H groups in total. The van der Waals surface area contributed by atoms with Crippen molar-refractivity contribution < 1.29 is 9.53 Å². The van der Waals surface area contributed by atoms with Crippen LogP contribution in [0.3, 0.4) is 0 Å². The van der Waals surface area contributed by atoms with Crippen LogP contribution in [0.1, 0.15) is 16.6 Å². The molecule has 4 nitrogen and oxygen atoms in total. The molecule has 23 heavy (non-hydrogen) atoms. The molecule has 1 aromatic carbocycles. The summed E-state index contributed by atoms with van der Waals surface area (Å²) in [4.78, 5) is 17.1. The fourth-order valence-corrected chi connectivity index (χ4v) is 3.82. The molecule has 0 saturated carbocycles. The molecule has 0 unspecified atom stereocenters. The van der Waals surface area contributed by atoms with Crippen molar-refractivity contribution >= 4 is 34.5 Å². The number of likely N-dealkylation sites (N-methyl/N-ethyl adjacent to an activating group) is 2. The Bertz CT molecular complexity index is 703. The predicted octanol–water partition coefficient (Wildman–Crippen LogP) is 3.76. The van der Waals surface area contributed by atoms with E-state index < -0.39 is 0 Å². The first-order valence-corrected chi connectivity index (χ1v) is 8.79. The summed E-state index contributed by atoms with van der Waals surface area (Å²) in [7, 11) is 1.80. The van der Waals surface area contributed by atoms with Gasteiger partial charge in [0.2, 0.25) is 0 Å². The lowest BCUT2D eigenvalue weighted by Crippen LogP contribution is -2.46. The van der Waals surface area contributed by atoms with Crippen LogP contribution < -0.4 is 9.64 Å². The number of benzene rings is 1. The van der Waals surface area contributed by atoms with E-state index in [2.05, 4.69) is 17.9 Å². The van der Waals surface area contributed by atoms with Crippen molar-refractivity contribution in [2.24, 2.45) is 0 Å². The quantitative estimate of drug-likeness (QED) is 0.841. The zero-order chi connectivity index (χ0) is 16.4. The summed E-state index contributed by atoms with van der Waals surface area (Å²) < 4.78 is 6.69. The number of amides is 1. The minimum atomic E-state index is -0.0470. The molecule has 0 spiro atoms. The molecule has 0 fully saturated rings. The van der Waals surface area contributed by atoms with Crippen molar-refractivity contribution in [1.82, 2.24) is 4.90 Å². The third-order valence-electron chi connectivity index (χ3n) is 3.91. The lowest BCUT2D eigenvalue weighted by atomic mass is 10.2. The van der Waals surface area contributed by atoms with Gasteiger partial charge in [0, 0.05) is 13.6 Å². The highest BCUT2D eigenvalue weighted by Crippen LogP contribution is 2.33. The van der Waals surface area contributed by atoms with Crippen LogP contribution in [-0.2, 0) is 0 Å². The number of rotatable bonds is 4. The summed E-state index contributed by atoms with van der Waals surface area (Å²) in [5, 5.41) is 0. The third-order valence-corrected chi connectivity index (χ3v) is 5.13. The molecule has 2 heterocycles. The monoisotopic (exact) mass is 350 g/mol. The van der Waals surface area contributed by atoms with E-state index in [9.17, 15) is 4.79 Å². The Kier molecular flexibility index (Phi) is 4.78. The molecule has 6 heteroatoms. The van der Waals surface area contributed by atoms with Gasteiger partial charge in [0.25, 0.3) is 5.91 Å². The van der Waals surface area contributed by atoms with E-state index in [1.54, 1.807) is 24.1 Å². The molecular weight excluding hydrogens is 332 g/mol. The number of halogens is 1. The zero-order valence-corrected chi connectivity index (χ0v) is 14.7. The molecule has 1 amide bonds. The summed E-state index contributed by atoms with van der Waals surface area (Å²) in [5.74, 6) is 0.859. The molecule has 0 aliphatic carbocycles. The van der Waals surface area contributed by atoms with Crippen LogP contribution in [0, 0.1) is 0 Å². The van der Waals surface area contributed by atoms with Crippen LogP contribution in [-0.4, -0.2) is 43.6 Å². The van der Waals surface area contributed by atoms with E-state index in [1.807, 2.05) is 18.2 Å². The van der Waals surface area contributed by atoms with Crippen molar-refractivity contribution in [2.45, 2.75) is 13.0 Å². The van der Waals surface area contributed by atoms with Crippen LogP contribution in [0.5, 0.6) is 5.75 Å². The van der Waals surface area contributed by atoms with Gasteiger partial charge >= 0.3 is 0 Å². The highest BCUT2D eigenvalue weighted by atomic mass is 35.5. The number of para-hydroxylation sites is 2. The van der Waals surface area contributed by atoms with Gasteiger partial charge in [0.15, 0.2) is 0 Å². The van der Waals surface area contributed by atoms with Gasteiger partial charge in [0.05, 0.1) is 28.0 Å². The van der Waals surface area contributed by atoms with Gasteiger partial charge < -0.3 is 14.5 Å². The smallest absolute Gasteiger partial charge is 0.263 e. The molecular formula is C17H19ClN2O2S. The molecule has 122 valence electrons. The maximum Gasteiger partial charge on any atom is 0.263 e. The largest absolute Gasteiger partial charge is 0.485 e.